The highest BCUT2D eigenvalue weighted by Crippen LogP contribution is 2.19. The van der Waals surface area contributed by atoms with Gasteiger partial charge in [-0.1, -0.05) is 36.4 Å². The Morgan fingerprint density at radius 3 is 2.57 bits per heavy atom. The lowest BCUT2D eigenvalue weighted by Gasteiger charge is -2.10. The van der Waals surface area contributed by atoms with Crippen molar-refractivity contribution >= 4 is 28.7 Å². The van der Waals surface area contributed by atoms with Crippen LogP contribution in [-0.4, -0.2) is 35.0 Å². The number of benzene rings is 2. The lowest BCUT2D eigenvalue weighted by atomic mass is 10.1. The van der Waals surface area contributed by atoms with E-state index in [4.69, 9.17) is 9.47 Å². The molecule has 0 aliphatic heterocycles. The number of rotatable bonds is 9. The molecule has 0 saturated carbocycles. The van der Waals surface area contributed by atoms with E-state index in [-0.39, 0.29) is 12.4 Å². The highest BCUT2D eigenvalue weighted by molar-refractivity contribution is 6.00. The number of esters is 1. The number of aromatic nitrogens is 2. The molecule has 0 atom stereocenters. The van der Waals surface area contributed by atoms with Crippen LogP contribution in [0, 0.1) is 13.8 Å². The molecule has 0 aliphatic carbocycles. The molecule has 0 amide bonds. The first-order valence-electron chi connectivity index (χ1n) is 11.5. The Labute approximate surface area is 204 Å². The van der Waals surface area contributed by atoms with Gasteiger partial charge < -0.3 is 14.0 Å². The topological polar surface area (TPSA) is 70.4 Å². The summed E-state index contributed by atoms with van der Waals surface area (Å²) in [5.74, 6) is 0.0371. The third-order valence-electron chi connectivity index (χ3n) is 6.07. The molecular weight excluding hydrogens is 440 g/mol. The zero-order chi connectivity index (χ0) is 24.8. The number of pyridine rings is 1. The summed E-state index contributed by atoms with van der Waals surface area (Å²) in [6.07, 6.45) is 5.53. The van der Waals surface area contributed by atoms with Gasteiger partial charge >= 0.3 is 5.97 Å². The van der Waals surface area contributed by atoms with Gasteiger partial charge in [0.05, 0.1) is 12.6 Å². The van der Waals surface area contributed by atoms with Gasteiger partial charge in [0.15, 0.2) is 6.61 Å². The van der Waals surface area contributed by atoms with Gasteiger partial charge in [-0.15, -0.1) is 0 Å². The molecule has 0 spiro atoms. The van der Waals surface area contributed by atoms with Gasteiger partial charge in [-0.25, -0.2) is 4.79 Å². The maximum atomic E-state index is 12.8. The number of Topliss-reactive ketones (excluding diaryl/α,β-unsaturated/α-hetero) is 1. The summed E-state index contributed by atoms with van der Waals surface area (Å²) in [5, 5.41) is 0.987. The summed E-state index contributed by atoms with van der Waals surface area (Å²) in [6, 6.07) is 19.4. The smallest absolute Gasteiger partial charge is 0.331 e. The SMILES string of the molecule is COc1ccc(CCn2c(C)cc(C(=O)COC(=O)/C=C/c3cccc4cccnc34)c2C)cc1. The van der Waals surface area contributed by atoms with E-state index >= 15 is 0 Å². The molecule has 0 saturated heterocycles. The summed E-state index contributed by atoms with van der Waals surface area (Å²) in [7, 11) is 1.65. The minimum atomic E-state index is -0.570. The van der Waals surface area contributed by atoms with Crippen LogP contribution in [0.15, 0.2) is 72.9 Å². The van der Waals surface area contributed by atoms with Crippen LogP contribution in [0.1, 0.15) is 32.9 Å². The molecule has 0 aliphatic rings. The normalized spacial score (nSPS) is 11.2. The first kappa shape index (κ1) is 24.0. The summed E-state index contributed by atoms with van der Waals surface area (Å²) < 4.78 is 12.6. The molecule has 6 heteroatoms. The van der Waals surface area contributed by atoms with E-state index < -0.39 is 5.97 Å². The van der Waals surface area contributed by atoms with Crippen molar-refractivity contribution in [1.82, 2.24) is 9.55 Å². The Bertz CT molecular complexity index is 1380. The van der Waals surface area contributed by atoms with Crippen molar-refractivity contribution < 1.29 is 19.1 Å². The second-order valence-corrected chi connectivity index (χ2v) is 8.32. The minimum Gasteiger partial charge on any atom is -0.497 e. The van der Waals surface area contributed by atoms with E-state index in [0.717, 1.165) is 46.6 Å². The molecule has 0 unspecified atom stereocenters. The van der Waals surface area contributed by atoms with Crippen molar-refractivity contribution in [1.29, 1.82) is 0 Å². The predicted octanol–water partition coefficient (Wildman–Crippen LogP) is 5.34. The molecule has 2 heterocycles. The third kappa shape index (κ3) is 5.66. The first-order chi connectivity index (χ1) is 17.0. The summed E-state index contributed by atoms with van der Waals surface area (Å²) >= 11 is 0. The van der Waals surface area contributed by atoms with E-state index in [1.165, 1.54) is 11.6 Å². The Morgan fingerprint density at radius 2 is 1.80 bits per heavy atom. The van der Waals surface area contributed by atoms with Gasteiger partial charge in [0.1, 0.15) is 5.75 Å². The second-order valence-electron chi connectivity index (χ2n) is 8.32. The average molecular weight is 469 g/mol. The Balaban J connectivity index is 1.36. The molecule has 2 aromatic heterocycles. The number of para-hydroxylation sites is 1. The first-order valence-corrected chi connectivity index (χ1v) is 11.5. The molecule has 4 aromatic rings. The molecule has 0 radical (unpaired) electrons. The van der Waals surface area contributed by atoms with E-state index in [1.54, 1.807) is 19.4 Å². The van der Waals surface area contributed by atoms with Crippen molar-refractivity contribution in [3.05, 3.63) is 101 Å². The van der Waals surface area contributed by atoms with E-state index in [9.17, 15) is 9.59 Å². The van der Waals surface area contributed by atoms with E-state index in [1.807, 2.05) is 74.5 Å². The van der Waals surface area contributed by atoms with Gasteiger partial charge in [0.2, 0.25) is 5.78 Å². The number of nitrogens with zero attached hydrogens (tertiary/aromatic N) is 2. The minimum absolute atomic E-state index is 0.220. The van der Waals surface area contributed by atoms with Gasteiger partial charge in [-0.2, -0.15) is 0 Å². The lowest BCUT2D eigenvalue weighted by Crippen LogP contribution is -2.14. The van der Waals surface area contributed by atoms with Crippen LogP contribution in [0.2, 0.25) is 0 Å². The zero-order valence-electron chi connectivity index (χ0n) is 20.2. The van der Waals surface area contributed by atoms with Crippen molar-refractivity contribution in [3.63, 3.8) is 0 Å². The van der Waals surface area contributed by atoms with Gasteiger partial charge in [-0.05, 0) is 56.2 Å². The fourth-order valence-electron chi connectivity index (χ4n) is 4.14. The van der Waals surface area contributed by atoms with Crippen LogP contribution in [0.25, 0.3) is 17.0 Å². The highest BCUT2D eigenvalue weighted by Gasteiger charge is 2.17. The fourth-order valence-corrected chi connectivity index (χ4v) is 4.14. The fraction of sp³-hybridized carbons (Fsp3) is 0.207. The number of ketones is 1. The number of hydrogen-bond donors (Lipinski definition) is 0. The third-order valence-corrected chi connectivity index (χ3v) is 6.07. The predicted molar refractivity (Wildman–Crippen MR) is 137 cm³/mol. The van der Waals surface area contributed by atoms with Gasteiger partial charge in [-0.3, -0.25) is 9.78 Å². The number of aryl methyl sites for hydroxylation is 2. The van der Waals surface area contributed by atoms with Gasteiger partial charge in [0.25, 0.3) is 0 Å². The van der Waals surface area contributed by atoms with Crippen molar-refractivity contribution in [3.8, 4) is 5.75 Å². The monoisotopic (exact) mass is 468 g/mol. The van der Waals surface area contributed by atoms with E-state index in [0.29, 0.717) is 5.56 Å². The highest BCUT2D eigenvalue weighted by atomic mass is 16.5. The molecule has 0 N–H and O–H groups in total. The molecule has 0 fully saturated rings. The maximum Gasteiger partial charge on any atom is 0.331 e. The molecule has 35 heavy (non-hydrogen) atoms. The second kappa shape index (κ2) is 10.8. The number of methoxy groups -OCH3 is 1. The average Bonchev–Trinajstić information content (AvgIpc) is 3.17. The molecular formula is C29H28N2O4. The zero-order valence-corrected chi connectivity index (χ0v) is 20.2. The number of carbonyl (C=O) groups excluding carboxylic acids is 2. The lowest BCUT2D eigenvalue weighted by molar-refractivity contribution is -0.136. The number of carbonyl (C=O) groups is 2. The van der Waals surface area contributed by atoms with Crippen molar-refractivity contribution in [2.24, 2.45) is 0 Å². The number of hydrogen-bond acceptors (Lipinski definition) is 5. The number of fused-ring (bicyclic) bond motifs is 1. The molecule has 0 bridgehead atoms. The van der Waals surface area contributed by atoms with Crippen molar-refractivity contribution in [2.45, 2.75) is 26.8 Å². The van der Waals surface area contributed by atoms with Crippen LogP contribution in [0.4, 0.5) is 0 Å². The molecule has 178 valence electrons. The number of ether oxygens (including phenoxy) is 2. The summed E-state index contributed by atoms with van der Waals surface area (Å²) in [6.45, 7) is 4.34. The van der Waals surface area contributed by atoms with Crippen LogP contribution in [0.5, 0.6) is 5.75 Å². The standard InChI is InChI=1S/C29H28N2O4/c1-20-18-26(21(2)31(20)17-15-22-9-12-25(34-3)13-10-22)27(32)19-35-28(33)14-11-24-7-4-6-23-8-5-16-30-29(23)24/h4-14,16,18H,15,17,19H2,1-3H3/b14-11+. The molecule has 4 rings (SSSR count). The maximum absolute atomic E-state index is 12.8. The summed E-state index contributed by atoms with van der Waals surface area (Å²) in [4.78, 5) is 29.4. The largest absolute Gasteiger partial charge is 0.497 e. The Hall–Kier alpha value is -4.19. The Kier molecular flexibility index (Phi) is 7.41. The van der Waals surface area contributed by atoms with Crippen LogP contribution in [-0.2, 0) is 22.5 Å². The molecule has 2 aromatic carbocycles. The molecule has 6 nitrogen and oxygen atoms in total. The van der Waals surface area contributed by atoms with E-state index in [2.05, 4.69) is 9.55 Å². The van der Waals surface area contributed by atoms with Gasteiger partial charge in [0, 0.05) is 46.7 Å². The Morgan fingerprint density at radius 1 is 1.03 bits per heavy atom. The van der Waals surface area contributed by atoms with Crippen LogP contribution < -0.4 is 4.74 Å². The van der Waals surface area contributed by atoms with Crippen LogP contribution >= 0.6 is 0 Å². The quantitative estimate of drug-likeness (QED) is 0.188. The van der Waals surface area contributed by atoms with Crippen LogP contribution in [0.3, 0.4) is 0 Å². The van der Waals surface area contributed by atoms with Crippen molar-refractivity contribution in [2.75, 3.05) is 13.7 Å². The summed E-state index contributed by atoms with van der Waals surface area (Å²) in [5.41, 5.74) is 5.24.